The van der Waals surface area contributed by atoms with E-state index in [1.165, 1.54) is 0 Å². The summed E-state index contributed by atoms with van der Waals surface area (Å²) in [5.74, 6) is -4.66. The number of carbonyl (C=O) groups is 5. The number of hydrogen-bond donors (Lipinski definition) is 8. The average molecular weight is 488 g/mol. The molecule has 0 aromatic carbocycles. The van der Waals surface area contributed by atoms with Crippen molar-refractivity contribution in [1.29, 1.82) is 0 Å². The smallest absolute Gasteiger partial charge is 0.326 e. The number of nitrogens with two attached hydrogens (primary N) is 4. The van der Waals surface area contributed by atoms with E-state index in [1.807, 2.05) is 0 Å². The number of hydrogen-bond acceptors (Lipinski definition) is 8. The zero-order chi connectivity index (χ0) is 26.3. The lowest BCUT2D eigenvalue weighted by Crippen LogP contribution is -2.58. The van der Waals surface area contributed by atoms with Crippen LogP contribution in [0.3, 0.4) is 0 Å². The maximum absolute atomic E-state index is 13.0. The number of nitrogens with one attached hydrogen (secondary N) is 3. The molecule has 4 unspecified atom stereocenters. The third kappa shape index (κ3) is 12.5. The molecule has 0 aliphatic carbocycles. The molecule has 0 bridgehead atoms. The molecule has 34 heavy (non-hydrogen) atoms. The number of carboxylic acid groups (broad SMARTS) is 1. The molecule has 13 heteroatoms. The zero-order valence-electron chi connectivity index (χ0n) is 20.0. The largest absolute Gasteiger partial charge is 0.480 e. The standard InChI is InChI=1S/C21H41N7O6/c1-12(2)17(20(32)27-15(21(33)34)11-16(25)29)28-19(31)14(8-4-6-10-23)26-18(30)13(24)7-3-5-9-22/h12-15,17H,3-11,22-24H2,1-2H3,(H2,25,29)(H,26,30)(H,27,32)(H,28,31)(H,33,34). The summed E-state index contributed by atoms with van der Waals surface area (Å²) < 4.78 is 0. The first kappa shape index (κ1) is 31.2. The van der Waals surface area contributed by atoms with Crippen LogP contribution in [0.4, 0.5) is 0 Å². The molecule has 12 N–H and O–H groups in total. The Kier molecular flexibility index (Phi) is 15.4. The topological polar surface area (TPSA) is 246 Å². The highest BCUT2D eigenvalue weighted by Crippen LogP contribution is 2.08. The van der Waals surface area contributed by atoms with Gasteiger partial charge < -0.3 is 44.0 Å². The van der Waals surface area contributed by atoms with Crippen molar-refractivity contribution in [1.82, 2.24) is 16.0 Å². The highest BCUT2D eigenvalue weighted by Gasteiger charge is 2.32. The number of unbranched alkanes of at least 4 members (excludes halogenated alkanes) is 2. The normalized spacial score (nSPS) is 14.5. The van der Waals surface area contributed by atoms with Gasteiger partial charge in [0, 0.05) is 0 Å². The van der Waals surface area contributed by atoms with Gasteiger partial charge in [0.05, 0.1) is 12.5 Å². The summed E-state index contributed by atoms with van der Waals surface area (Å²) in [4.78, 5) is 60.6. The van der Waals surface area contributed by atoms with Gasteiger partial charge in [-0.1, -0.05) is 20.3 Å². The summed E-state index contributed by atoms with van der Waals surface area (Å²) in [6.45, 7) is 4.21. The number of amides is 4. The van der Waals surface area contributed by atoms with E-state index in [2.05, 4.69) is 16.0 Å². The molecule has 4 atom stereocenters. The molecule has 0 aliphatic heterocycles. The monoisotopic (exact) mass is 487 g/mol. The van der Waals surface area contributed by atoms with Crippen LogP contribution in [-0.2, 0) is 24.0 Å². The lowest BCUT2D eigenvalue weighted by atomic mass is 10.0. The lowest BCUT2D eigenvalue weighted by molar-refractivity contribution is -0.144. The van der Waals surface area contributed by atoms with Gasteiger partial charge in [-0.15, -0.1) is 0 Å². The van der Waals surface area contributed by atoms with E-state index in [1.54, 1.807) is 13.8 Å². The van der Waals surface area contributed by atoms with E-state index in [0.29, 0.717) is 38.8 Å². The predicted octanol–water partition coefficient (Wildman–Crippen LogP) is -2.36. The Morgan fingerprint density at radius 2 is 1.29 bits per heavy atom. The van der Waals surface area contributed by atoms with Gasteiger partial charge in [-0.25, -0.2) is 4.79 Å². The fourth-order valence-corrected chi connectivity index (χ4v) is 3.13. The lowest BCUT2D eigenvalue weighted by Gasteiger charge is -2.27. The van der Waals surface area contributed by atoms with Crippen molar-refractivity contribution in [3.05, 3.63) is 0 Å². The highest BCUT2D eigenvalue weighted by molar-refractivity contribution is 5.95. The van der Waals surface area contributed by atoms with Crippen molar-refractivity contribution in [3.63, 3.8) is 0 Å². The second-order valence-corrected chi connectivity index (χ2v) is 8.54. The zero-order valence-corrected chi connectivity index (χ0v) is 20.0. The van der Waals surface area contributed by atoms with Crippen LogP contribution in [0.25, 0.3) is 0 Å². The van der Waals surface area contributed by atoms with Crippen LogP contribution in [0.5, 0.6) is 0 Å². The van der Waals surface area contributed by atoms with Gasteiger partial charge in [-0.05, 0) is 51.1 Å². The van der Waals surface area contributed by atoms with Crippen molar-refractivity contribution in [2.75, 3.05) is 13.1 Å². The van der Waals surface area contributed by atoms with Gasteiger partial charge in [0.25, 0.3) is 0 Å². The summed E-state index contributed by atoms with van der Waals surface area (Å²) in [5, 5.41) is 16.7. The molecular formula is C21H41N7O6. The van der Waals surface area contributed by atoms with Gasteiger partial charge in [-0.3, -0.25) is 19.2 Å². The van der Waals surface area contributed by atoms with Gasteiger partial charge in [0.1, 0.15) is 18.1 Å². The minimum Gasteiger partial charge on any atom is -0.480 e. The molecule has 0 aromatic heterocycles. The molecule has 0 spiro atoms. The van der Waals surface area contributed by atoms with Crippen LogP contribution >= 0.6 is 0 Å². The molecule has 0 aromatic rings. The van der Waals surface area contributed by atoms with Crippen molar-refractivity contribution < 1.29 is 29.1 Å². The van der Waals surface area contributed by atoms with Gasteiger partial charge >= 0.3 is 5.97 Å². The van der Waals surface area contributed by atoms with Gasteiger partial charge in [-0.2, -0.15) is 0 Å². The molecule has 13 nitrogen and oxygen atoms in total. The maximum Gasteiger partial charge on any atom is 0.326 e. The number of carboxylic acids is 1. The van der Waals surface area contributed by atoms with Crippen LogP contribution in [0.15, 0.2) is 0 Å². The predicted molar refractivity (Wildman–Crippen MR) is 126 cm³/mol. The molecular weight excluding hydrogens is 446 g/mol. The van der Waals surface area contributed by atoms with E-state index < -0.39 is 66.1 Å². The second-order valence-electron chi connectivity index (χ2n) is 8.54. The molecule has 0 saturated carbocycles. The first-order valence-electron chi connectivity index (χ1n) is 11.5. The molecule has 0 heterocycles. The molecule has 0 radical (unpaired) electrons. The Bertz CT molecular complexity index is 689. The SMILES string of the molecule is CC(C)C(NC(=O)C(CCCCN)NC(=O)C(N)CCCCN)C(=O)NC(CC(N)=O)C(=O)O. The summed E-state index contributed by atoms with van der Waals surface area (Å²) >= 11 is 0. The molecule has 196 valence electrons. The Morgan fingerprint density at radius 1 is 0.765 bits per heavy atom. The van der Waals surface area contributed by atoms with Crippen LogP contribution in [0.1, 0.15) is 58.8 Å². The van der Waals surface area contributed by atoms with E-state index in [9.17, 15) is 29.1 Å². The second kappa shape index (κ2) is 16.8. The molecule has 0 saturated heterocycles. The van der Waals surface area contributed by atoms with Crippen LogP contribution in [-0.4, -0.2) is 72.0 Å². The molecule has 4 amide bonds. The van der Waals surface area contributed by atoms with Crippen LogP contribution in [0, 0.1) is 5.92 Å². The minimum absolute atomic E-state index is 0.274. The molecule has 0 fully saturated rings. The first-order valence-corrected chi connectivity index (χ1v) is 11.5. The number of aliphatic carboxylic acids is 1. The van der Waals surface area contributed by atoms with Crippen molar-refractivity contribution in [3.8, 4) is 0 Å². The summed E-state index contributed by atoms with van der Waals surface area (Å²) in [5.41, 5.74) is 21.9. The number of primary amides is 1. The Morgan fingerprint density at radius 3 is 1.76 bits per heavy atom. The molecule has 0 rings (SSSR count). The number of rotatable bonds is 18. The molecule has 0 aliphatic rings. The van der Waals surface area contributed by atoms with E-state index in [0.717, 1.165) is 6.42 Å². The number of carbonyl (C=O) groups excluding carboxylic acids is 4. The Hall–Kier alpha value is -2.77. The van der Waals surface area contributed by atoms with Gasteiger partial charge in [0.2, 0.25) is 23.6 Å². The maximum atomic E-state index is 13.0. The Balaban J connectivity index is 5.37. The third-order valence-electron chi connectivity index (χ3n) is 5.15. The Labute approximate surface area is 200 Å². The van der Waals surface area contributed by atoms with E-state index >= 15 is 0 Å². The quantitative estimate of drug-likeness (QED) is 0.0962. The fraction of sp³-hybridized carbons (Fsp3) is 0.762. The van der Waals surface area contributed by atoms with Crippen LogP contribution < -0.4 is 38.9 Å². The summed E-state index contributed by atoms with van der Waals surface area (Å²) in [6.07, 6.45) is 2.66. The summed E-state index contributed by atoms with van der Waals surface area (Å²) in [6, 6.07) is -4.43. The van der Waals surface area contributed by atoms with Crippen LogP contribution in [0.2, 0.25) is 0 Å². The van der Waals surface area contributed by atoms with E-state index in [4.69, 9.17) is 22.9 Å². The highest BCUT2D eigenvalue weighted by atomic mass is 16.4. The van der Waals surface area contributed by atoms with E-state index in [-0.39, 0.29) is 6.42 Å². The van der Waals surface area contributed by atoms with Crippen molar-refractivity contribution in [2.45, 2.75) is 83.0 Å². The van der Waals surface area contributed by atoms with Crippen molar-refractivity contribution in [2.24, 2.45) is 28.9 Å². The fourth-order valence-electron chi connectivity index (χ4n) is 3.13. The minimum atomic E-state index is -1.53. The van der Waals surface area contributed by atoms with Crippen molar-refractivity contribution >= 4 is 29.6 Å². The van der Waals surface area contributed by atoms with Gasteiger partial charge in [0.15, 0.2) is 0 Å². The summed E-state index contributed by atoms with van der Waals surface area (Å²) in [7, 11) is 0. The average Bonchev–Trinajstić information content (AvgIpc) is 2.75. The first-order chi connectivity index (χ1) is 15.9. The third-order valence-corrected chi connectivity index (χ3v) is 5.15.